The van der Waals surface area contributed by atoms with Crippen LogP contribution in [-0.4, -0.2) is 5.97 Å². The van der Waals surface area contributed by atoms with Gasteiger partial charge in [-0.3, -0.25) is 0 Å². The fourth-order valence-electron chi connectivity index (χ4n) is 2.71. The molecular formula is C21H18Cl2O2. The summed E-state index contributed by atoms with van der Waals surface area (Å²) in [5, 5.41) is 0.986. The normalized spacial score (nSPS) is 15.6. The summed E-state index contributed by atoms with van der Waals surface area (Å²) in [6.07, 6.45) is 4.40. The number of carbonyl (C=O) groups excluding carboxylic acids is 1. The van der Waals surface area contributed by atoms with E-state index in [4.69, 9.17) is 27.9 Å². The van der Waals surface area contributed by atoms with Crippen molar-refractivity contribution in [1.82, 2.24) is 0 Å². The van der Waals surface area contributed by atoms with Crippen LogP contribution in [0, 0.1) is 5.92 Å². The Labute approximate surface area is 157 Å². The second-order valence-electron chi connectivity index (χ2n) is 6.43. The number of hydrogen-bond donors (Lipinski definition) is 0. The van der Waals surface area contributed by atoms with Crippen LogP contribution in [0.15, 0.2) is 54.1 Å². The van der Waals surface area contributed by atoms with Gasteiger partial charge >= 0.3 is 5.97 Å². The lowest BCUT2D eigenvalue weighted by Crippen LogP contribution is -1.98. The molecule has 0 bridgehead atoms. The minimum atomic E-state index is -0.405. The molecule has 1 heterocycles. The summed E-state index contributed by atoms with van der Waals surface area (Å²) in [4.78, 5) is 12.2. The first-order chi connectivity index (χ1) is 11.9. The minimum Gasteiger partial charge on any atom is -0.422 e. The zero-order valence-electron chi connectivity index (χ0n) is 14.1. The van der Waals surface area contributed by atoms with Crippen LogP contribution >= 0.6 is 23.2 Å². The number of hydrogen-bond acceptors (Lipinski definition) is 2. The second kappa shape index (κ2) is 7.47. The van der Waals surface area contributed by atoms with Crippen molar-refractivity contribution in [3.63, 3.8) is 0 Å². The molecule has 2 aromatic rings. The van der Waals surface area contributed by atoms with Gasteiger partial charge in [-0.15, -0.1) is 0 Å². The Morgan fingerprint density at radius 1 is 1.04 bits per heavy atom. The highest BCUT2D eigenvalue weighted by Crippen LogP contribution is 2.31. The van der Waals surface area contributed by atoms with Gasteiger partial charge in [0.05, 0.1) is 5.57 Å². The van der Waals surface area contributed by atoms with Crippen LogP contribution in [0.1, 0.15) is 30.5 Å². The minimum absolute atomic E-state index is 0.405. The van der Waals surface area contributed by atoms with Crippen molar-refractivity contribution in [2.45, 2.75) is 20.3 Å². The SMILES string of the molecule is CC(C)Cc1ccc(C2=C/C(=C/c3c(Cl)cccc3Cl)C(=O)O2)cc1. The maximum Gasteiger partial charge on any atom is 0.343 e. The Morgan fingerprint density at radius 3 is 2.28 bits per heavy atom. The van der Waals surface area contributed by atoms with Crippen molar-refractivity contribution < 1.29 is 9.53 Å². The van der Waals surface area contributed by atoms with Gasteiger partial charge in [-0.2, -0.15) is 0 Å². The standard InChI is InChI=1S/C21H18Cl2O2/c1-13(2)10-14-6-8-15(9-7-14)20-12-16(21(24)25-20)11-17-18(22)4-3-5-19(17)23/h3-9,11-13H,10H2,1-2H3/b16-11-. The van der Waals surface area contributed by atoms with E-state index < -0.39 is 5.97 Å². The van der Waals surface area contributed by atoms with Crippen molar-refractivity contribution in [2.75, 3.05) is 0 Å². The molecule has 0 unspecified atom stereocenters. The third-order valence-corrected chi connectivity index (χ3v) is 4.57. The summed E-state index contributed by atoms with van der Waals surface area (Å²) in [5.74, 6) is 0.733. The molecule has 0 fully saturated rings. The molecule has 128 valence electrons. The Balaban J connectivity index is 1.89. The van der Waals surface area contributed by atoms with Gasteiger partial charge in [0.1, 0.15) is 5.76 Å². The summed E-state index contributed by atoms with van der Waals surface area (Å²) < 4.78 is 5.40. The van der Waals surface area contributed by atoms with E-state index in [0.717, 1.165) is 12.0 Å². The largest absolute Gasteiger partial charge is 0.422 e. The molecule has 1 aliphatic heterocycles. The van der Waals surface area contributed by atoms with E-state index in [1.54, 1.807) is 30.4 Å². The monoisotopic (exact) mass is 372 g/mol. The maximum absolute atomic E-state index is 12.2. The van der Waals surface area contributed by atoms with Gasteiger partial charge < -0.3 is 4.74 Å². The average Bonchev–Trinajstić information content (AvgIpc) is 2.92. The zero-order valence-corrected chi connectivity index (χ0v) is 15.6. The van der Waals surface area contributed by atoms with Gasteiger partial charge in [-0.25, -0.2) is 4.79 Å². The molecule has 0 amide bonds. The number of halogens is 2. The quantitative estimate of drug-likeness (QED) is 0.473. The average molecular weight is 373 g/mol. The third-order valence-electron chi connectivity index (χ3n) is 3.91. The van der Waals surface area contributed by atoms with E-state index >= 15 is 0 Å². The van der Waals surface area contributed by atoms with Gasteiger partial charge in [0.15, 0.2) is 0 Å². The number of esters is 1. The van der Waals surface area contributed by atoms with E-state index in [1.807, 2.05) is 12.1 Å². The van der Waals surface area contributed by atoms with E-state index in [2.05, 4.69) is 26.0 Å². The molecule has 0 aliphatic carbocycles. The molecular weight excluding hydrogens is 355 g/mol. The summed E-state index contributed by atoms with van der Waals surface area (Å²) in [6.45, 7) is 4.37. The predicted octanol–water partition coefficient (Wildman–Crippen LogP) is 6.17. The smallest absolute Gasteiger partial charge is 0.343 e. The third kappa shape index (κ3) is 4.15. The number of ether oxygens (including phenoxy) is 1. The lowest BCUT2D eigenvalue weighted by atomic mass is 10.0. The van der Waals surface area contributed by atoms with Crippen molar-refractivity contribution >= 4 is 41.0 Å². The Bertz CT molecular complexity index is 842. The van der Waals surface area contributed by atoms with E-state index in [1.165, 1.54) is 5.56 Å². The lowest BCUT2D eigenvalue weighted by molar-refractivity contribution is -0.130. The van der Waals surface area contributed by atoms with Gasteiger partial charge in [0.2, 0.25) is 0 Å². The fraction of sp³-hybridized carbons (Fsp3) is 0.190. The summed E-state index contributed by atoms with van der Waals surface area (Å²) in [5.41, 5.74) is 3.18. The van der Waals surface area contributed by atoms with Crippen LogP contribution in [0.5, 0.6) is 0 Å². The number of benzene rings is 2. The zero-order chi connectivity index (χ0) is 18.0. The molecule has 2 aromatic carbocycles. The summed E-state index contributed by atoms with van der Waals surface area (Å²) in [7, 11) is 0. The van der Waals surface area contributed by atoms with E-state index in [-0.39, 0.29) is 0 Å². The summed E-state index contributed by atoms with van der Waals surface area (Å²) in [6, 6.07) is 13.3. The van der Waals surface area contributed by atoms with Crippen LogP contribution in [0.4, 0.5) is 0 Å². The van der Waals surface area contributed by atoms with Crippen molar-refractivity contribution in [3.8, 4) is 0 Å². The molecule has 0 N–H and O–H groups in total. The fourth-order valence-corrected chi connectivity index (χ4v) is 3.22. The Morgan fingerprint density at radius 2 is 1.68 bits per heavy atom. The molecule has 3 rings (SSSR count). The predicted molar refractivity (Wildman–Crippen MR) is 103 cm³/mol. The highest BCUT2D eigenvalue weighted by atomic mass is 35.5. The Kier molecular flexibility index (Phi) is 5.31. The van der Waals surface area contributed by atoms with Gasteiger partial charge in [-0.05, 0) is 42.2 Å². The Hall–Kier alpha value is -2.03. The first-order valence-electron chi connectivity index (χ1n) is 8.13. The number of carbonyl (C=O) groups is 1. The summed E-state index contributed by atoms with van der Waals surface area (Å²) >= 11 is 12.3. The molecule has 0 radical (unpaired) electrons. The van der Waals surface area contributed by atoms with Gasteiger partial charge in [0, 0.05) is 21.2 Å². The lowest BCUT2D eigenvalue weighted by Gasteiger charge is -2.06. The van der Waals surface area contributed by atoms with Crippen LogP contribution < -0.4 is 0 Å². The van der Waals surface area contributed by atoms with Crippen molar-refractivity contribution in [1.29, 1.82) is 0 Å². The molecule has 1 aliphatic rings. The highest BCUT2D eigenvalue weighted by Gasteiger charge is 2.22. The van der Waals surface area contributed by atoms with Gasteiger partial charge in [-0.1, -0.05) is 67.4 Å². The highest BCUT2D eigenvalue weighted by molar-refractivity contribution is 6.37. The van der Waals surface area contributed by atoms with Crippen LogP contribution in [0.2, 0.25) is 10.0 Å². The molecule has 0 saturated carbocycles. The van der Waals surface area contributed by atoms with Gasteiger partial charge in [0.25, 0.3) is 0 Å². The van der Waals surface area contributed by atoms with Crippen molar-refractivity contribution in [3.05, 3.63) is 80.8 Å². The van der Waals surface area contributed by atoms with Crippen LogP contribution in [-0.2, 0) is 16.0 Å². The molecule has 4 heteroatoms. The molecule has 0 spiro atoms. The molecule has 0 atom stereocenters. The molecule has 0 aromatic heterocycles. The van der Waals surface area contributed by atoms with Crippen LogP contribution in [0.3, 0.4) is 0 Å². The number of cyclic esters (lactones) is 1. The number of rotatable bonds is 4. The molecule has 0 saturated heterocycles. The topological polar surface area (TPSA) is 26.3 Å². The first kappa shape index (κ1) is 17.8. The van der Waals surface area contributed by atoms with E-state index in [0.29, 0.717) is 32.9 Å². The maximum atomic E-state index is 12.2. The van der Waals surface area contributed by atoms with Crippen molar-refractivity contribution in [2.24, 2.45) is 5.92 Å². The van der Waals surface area contributed by atoms with Crippen LogP contribution in [0.25, 0.3) is 11.8 Å². The van der Waals surface area contributed by atoms with E-state index in [9.17, 15) is 4.79 Å². The molecule has 25 heavy (non-hydrogen) atoms. The second-order valence-corrected chi connectivity index (χ2v) is 7.24. The first-order valence-corrected chi connectivity index (χ1v) is 8.88. The molecule has 2 nitrogen and oxygen atoms in total.